The van der Waals surface area contributed by atoms with Gasteiger partial charge in [0.2, 0.25) is 0 Å². The molecule has 0 radical (unpaired) electrons. The third-order valence-electron chi connectivity index (χ3n) is 7.44. The van der Waals surface area contributed by atoms with Crippen molar-refractivity contribution in [3.8, 4) is 0 Å². The molecule has 0 aromatic heterocycles. The van der Waals surface area contributed by atoms with Crippen LogP contribution >= 0.6 is 0 Å². The largest absolute Gasteiger partial charge is 0.438 e. The minimum atomic E-state index is -2.06. The molecule has 2 nitrogen and oxygen atoms in total. The Morgan fingerprint density at radius 2 is 1.19 bits per heavy atom. The Kier molecular flexibility index (Phi) is 13.3. The molecular formula is C22H52O2Si3. The molecule has 0 saturated carbocycles. The fraction of sp³-hybridized carbons (Fsp3) is 1.00. The summed E-state index contributed by atoms with van der Waals surface area (Å²) in [6, 6.07) is 5.14. The Balaban J connectivity index is 5.15. The van der Waals surface area contributed by atoms with Crippen molar-refractivity contribution in [2.45, 2.75) is 124 Å². The van der Waals surface area contributed by atoms with Gasteiger partial charge in [0, 0.05) is 7.11 Å². The molecule has 3 atom stereocenters. The second-order valence-electron chi connectivity index (χ2n) is 9.84. The molecule has 0 fully saturated rings. The first-order chi connectivity index (χ1) is 12.5. The van der Waals surface area contributed by atoms with Crippen LogP contribution in [0.25, 0.3) is 0 Å². The molecule has 3 unspecified atom stereocenters. The lowest BCUT2D eigenvalue weighted by atomic mass is 10.0. The Hall–Kier alpha value is 0.571. The van der Waals surface area contributed by atoms with E-state index in [9.17, 15) is 0 Å². The van der Waals surface area contributed by atoms with Crippen LogP contribution < -0.4 is 0 Å². The molecule has 0 aliphatic rings. The molecule has 27 heavy (non-hydrogen) atoms. The van der Waals surface area contributed by atoms with Gasteiger partial charge in [-0.25, -0.2) is 0 Å². The summed E-state index contributed by atoms with van der Waals surface area (Å²) in [4.78, 5) is 0. The quantitative estimate of drug-likeness (QED) is 0.229. The summed E-state index contributed by atoms with van der Waals surface area (Å²) >= 11 is 0. The highest BCUT2D eigenvalue weighted by Gasteiger charge is 2.51. The van der Waals surface area contributed by atoms with Gasteiger partial charge in [-0.1, -0.05) is 99.2 Å². The summed E-state index contributed by atoms with van der Waals surface area (Å²) in [6.07, 6.45) is 7.95. The van der Waals surface area contributed by atoms with Crippen LogP contribution in [0.5, 0.6) is 0 Å². The lowest BCUT2D eigenvalue weighted by Gasteiger charge is -2.47. The molecule has 0 heterocycles. The summed E-state index contributed by atoms with van der Waals surface area (Å²) in [6.45, 7) is 21.8. The van der Waals surface area contributed by atoms with Crippen LogP contribution in [0.2, 0.25) is 43.8 Å². The first kappa shape index (κ1) is 27.6. The second kappa shape index (κ2) is 13.0. The first-order valence-electron chi connectivity index (χ1n) is 11.8. The van der Waals surface area contributed by atoms with Crippen LogP contribution in [0.3, 0.4) is 0 Å². The highest BCUT2D eigenvalue weighted by atomic mass is 29.3. The lowest BCUT2D eigenvalue weighted by Crippen LogP contribution is -2.65. The second-order valence-corrected chi connectivity index (χ2v) is 28.3. The van der Waals surface area contributed by atoms with E-state index in [1.54, 1.807) is 0 Å². The summed E-state index contributed by atoms with van der Waals surface area (Å²) in [5.41, 5.74) is 0. The predicted octanol–water partition coefficient (Wildman–Crippen LogP) is 8.15. The standard InChI is InChI=1S/C22H52O2Si3/c1-11-21(5)17-15-19-25(8,9)27(13-3,14-4)24-26(10,23-7)20-16-18-22(6)12-2/h21-22H,11-20H2,1-10H3. The van der Waals surface area contributed by atoms with Gasteiger partial charge in [-0.2, -0.15) is 0 Å². The van der Waals surface area contributed by atoms with Crippen molar-refractivity contribution in [2.24, 2.45) is 11.8 Å². The molecular weight excluding hydrogens is 380 g/mol. The van der Waals surface area contributed by atoms with Gasteiger partial charge in [0.1, 0.15) is 0 Å². The van der Waals surface area contributed by atoms with Gasteiger partial charge in [-0.15, -0.1) is 0 Å². The fourth-order valence-corrected chi connectivity index (χ4v) is 27.8. The molecule has 0 aromatic rings. The van der Waals surface area contributed by atoms with E-state index in [2.05, 4.69) is 61.2 Å². The van der Waals surface area contributed by atoms with Crippen molar-refractivity contribution < 1.29 is 8.54 Å². The van der Waals surface area contributed by atoms with Crippen LogP contribution in [0.15, 0.2) is 0 Å². The van der Waals surface area contributed by atoms with E-state index in [0.29, 0.717) is 0 Å². The average molecular weight is 433 g/mol. The van der Waals surface area contributed by atoms with Crippen molar-refractivity contribution in [1.82, 2.24) is 0 Å². The zero-order valence-corrected chi connectivity index (χ0v) is 23.5. The third-order valence-corrected chi connectivity index (χ3v) is 30.4. The van der Waals surface area contributed by atoms with Crippen molar-refractivity contribution in [1.29, 1.82) is 0 Å². The molecule has 0 saturated heterocycles. The van der Waals surface area contributed by atoms with E-state index in [0.717, 1.165) is 11.8 Å². The van der Waals surface area contributed by atoms with Crippen LogP contribution in [0.1, 0.15) is 80.1 Å². The van der Waals surface area contributed by atoms with Crippen molar-refractivity contribution in [3.63, 3.8) is 0 Å². The maximum Gasteiger partial charge on any atom is 0.324 e. The Morgan fingerprint density at radius 3 is 1.56 bits per heavy atom. The molecule has 0 aliphatic heterocycles. The topological polar surface area (TPSA) is 18.5 Å². The summed E-state index contributed by atoms with van der Waals surface area (Å²) in [5.74, 6) is 1.69. The highest BCUT2D eigenvalue weighted by Crippen LogP contribution is 2.37. The summed E-state index contributed by atoms with van der Waals surface area (Å²) in [7, 11) is -3.25. The van der Waals surface area contributed by atoms with Gasteiger partial charge in [-0.05, 0) is 36.5 Å². The van der Waals surface area contributed by atoms with E-state index < -0.39 is 24.0 Å². The third kappa shape index (κ3) is 8.85. The monoisotopic (exact) mass is 432 g/mol. The Morgan fingerprint density at radius 1 is 0.741 bits per heavy atom. The van der Waals surface area contributed by atoms with E-state index in [4.69, 9.17) is 8.54 Å². The van der Waals surface area contributed by atoms with Gasteiger partial charge < -0.3 is 8.54 Å². The molecule has 164 valence electrons. The highest BCUT2D eigenvalue weighted by molar-refractivity contribution is 7.40. The molecule has 0 rings (SSSR count). The predicted molar refractivity (Wildman–Crippen MR) is 131 cm³/mol. The number of rotatable bonds is 16. The maximum atomic E-state index is 7.25. The van der Waals surface area contributed by atoms with Crippen molar-refractivity contribution in [3.05, 3.63) is 0 Å². The maximum absolute atomic E-state index is 7.25. The average Bonchev–Trinajstić information content (AvgIpc) is 2.65. The SMILES string of the molecule is CCC(C)CCC[Si](C)(OC)O[Si](CC)(CC)[Si](C)(C)CCCC(C)CC. The van der Waals surface area contributed by atoms with Crippen LogP contribution in [0, 0.1) is 11.8 Å². The summed E-state index contributed by atoms with van der Waals surface area (Å²) in [5, 5.41) is 0. The van der Waals surface area contributed by atoms with Crippen molar-refractivity contribution in [2.75, 3.05) is 7.11 Å². The minimum absolute atomic E-state index is 0.825. The molecule has 0 aliphatic carbocycles. The van der Waals surface area contributed by atoms with Gasteiger partial charge in [-0.3, -0.25) is 0 Å². The molecule has 0 bridgehead atoms. The van der Waals surface area contributed by atoms with Gasteiger partial charge in [0.15, 0.2) is 7.83 Å². The van der Waals surface area contributed by atoms with Gasteiger partial charge in [0.25, 0.3) is 0 Å². The zero-order chi connectivity index (χ0) is 21.1. The van der Waals surface area contributed by atoms with E-state index >= 15 is 0 Å². The molecule has 0 spiro atoms. The summed E-state index contributed by atoms with van der Waals surface area (Å²) < 4.78 is 13.4. The molecule has 0 aromatic carbocycles. The Bertz CT molecular complexity index is 386. The molecule has 0 N–H and O–H groups in total. The van der Waals surface area contributed by atoms with E-state index in [-0.39, 0.29) is 0 Å². The fourth-order valence-electron chi connectivity index (χ4n) is 4.40. The Labute approximate surface area is 175 Å². The van der Waals surface area contributed by atoms with Gasteiger partial charge >= 0.3 is 8.56 Å². The van der Waals surface area contributed by atoms with Crippen LogP contribution in [0.4, 0.5) is 0 Å². The van der Waals surface area contributed by atoms with Crippen LogP contribution in [-0.4, -0.2) is 31.1 Å². The van der Waals surface area contributed by atoms with E-state index in [1.165, 1.54) is 62.7 Å². The van der Waals surface area contributed by atoms with E-state index in [1.807, 2.05) is 7.11 Å². The zero-order valence-electron chi connectivity index (χ0n) is 20.5. The van der Waals surface area contributed by atoms with Crippen LogP contribution in [-0.2, 0) is 8.54 Å². The minimum Gasteiger partial charge on any atom is -0.438 e. The normalized spacial score (nSPS) is 17.6. The lowest BCUT2D eigenvalue weighted by molar-refractivity contribution is 0.298. The van der Waals surface area contributed by atoms with Gasteiger partial charge in [0.05, 0.1) is 7.59 Å². The smallest absolute Gasteiger partial charge is 0.324 e. The molecule has 5 heteroatoms. The molecule has 0 amide bonds. The number of hydrogen-bond donors (Lipinski definition) is 0. The first-order valence-corrected chi connectivity index (χ1v) is 20.9. The number of hydrogen-bond acceptors (Lipinski definition) is 2. The van der Waals surface area contributed by atoms with Crippen molar-refractivity contribution >= 4 is 24.0 Å².